The molecule has 208 valence electrons. The second-order valence-corrected chi connectivity index (χ2v) is 12.5. The van der Waals surface area contributed by atoms with E-state index < -0.39 is 22.3 Å². The average Bonchev–Trinajstić information content (AvgIpc) is 3.47. The average molecular weight is 573 g/mol. The number of hydrogen-bond acceptors (Lipinski definition) is 10. The van der Waals surface area contributed by atoms with Gasteiger partial charge in [0.1, 0.15) is 18.2 Å². The number of carbonyl (C=O) groups is 1. The van der Waals surface area contributed by atoms with Crippen LogP contribution in [-0.2, 0) is 32.1 Å². The Morgan fingerprint density at radius 3 is 2.87 bits per heavy atom. The molecule has 1 fully saturated rings. The molecule has 0 radical (unpaired) electrons. The summed E-state index contributed by atoms with van der Waals surface area (Å²) < 4.78 is 33.2. The van der Waals surface area contributed by atoms with Gasteiger partial charge < -0.3 is 15.2 Å². The van der Waals surface area contributed by atoms with E-state index in [9.17, 15) is 18.3 Å². The molecule has 5 rings (SSSR count). The van der Waals surface area contributed by atoms with Gasteiger partial charge in [-0.1, -0.05) is 25.1 Å². The van der Waals surface area contributed by atoms with Crippen molar-refractivity contribution in [3.05, 3.63) is 74.4 Å². The van der Waals surface area contributed by atoms with Gasteiger partial charge in [-0.25, -0.2) is 15.1 Å². The topological polar surface area (TPSA) is 154 Å². The number of thiophene rings is 1. The minimum absolute atomic E-state index is 0.205. The zero-order valence-corrected chi connectivity index (χ0v) is 23.4. The Kier molecular flexibility index (Phi) is 8.13. The first-order valence-corrected chi connectivity index (χ1v) is 15.2. The van der Waals surface area contributed by atoms with Crippen LogP contribution in [0.25, 0.3) is 0 Å². The number of fused-ring (bicyclic) bond motifs is 1. The molecular weight excluding hydrogens is 540 g/mol. The maximum atomic E-state index is 13.7. The Morgan fingerprint density at radius 1 is 1.28 bits per heavy atom. The third-order valence-electron chi connectivity index (χ3n) is 7.42. The number of benzene rings is 1. The number of aromatic nitrogens is 2. The van der Waals surface area contributed by atoms with E-state index in [0.717, 1.165) is 28.8 Å². The molecule has 2 aliphatic rings. The molecule has 4 N–H and O–H groups in total. The Hall–Kier alpha value is -2.74. The van der Waals surface area contributed by atoms with Crippen LogP contribution in [-0.4, -0.2) is 54.6 Å². The third-order valence-corrected chi connectivity index (χ3v) is 8.95. The van der Waals surface area contributed by atoms with Crippen molar-refractivity contribution in [2.45, 2.75) is 57.8 Å². The van der Waals surface area contributed by atoms with Crippen molar-refractivity contribution in [3.8, 4) is 0 Å². The van der Waals surface area contributed by atoms with Gasteiger partial charge in [-0.15, -0.1) is 11.3 Å². The predicted molar refractivity (Wildman–Crippen MR) is 147 cm³/mol. The van der Waals surface area contributed by atoms with Crippen LogP contribution in [0.4, 0.5) is 5.82 Å². The number of nitrogens with zero attached hydrogens (tertiary/aromatic N) is 2. The second kappa shape index (κ2) is 11.4. The van der Waals surface area contributed by atoms with Crippen molar-refractivity contribution in [3.63, 3.8) is 0 Å². The summed E-state index contributed by atoms with van der Waals surface area (Å²) in [4.78, 5) is 23.6. The first kappa shape index (κ1) is 27.8. The lowest BCUT2D eigenvalue weighted by molar-refractivity contribution is 0.0697. The zero-order valence-electron chi connectivity index (χ0n) is 21.8. The Bertz CT molecular complexity index is 1470. The van der Waals surface area contributed by atoms with Crippen molar-refractivity contribution in [1.82, 2.24) is 9.97 Å². The quantitative estimate of drug-likeness (QED) is 0.328. The van der Waals surface area contributed by atoms with Crippen LogP contribution in [0.15, 0.2) is 36.8 Å². The minimum atomic E-state index is -4.09. The van der Waals surface area contributed by atoms with E-state index in [4.69, 9.17) is 9.88 Å². The summed E-state index contributed by atoms with van der Waals surface area (Å²) in [6.45, 7) is 4.55. The molecule has 3 aromatic rings. The molecule has 0 saturated heterocycles. The van der Waals surface area contributed by atoms with Crippen LogP contribution < -0.4 is 10.5 Å². The highest BCUT2D eigenvalue weighted by molar-refractivity contribution is 7.84. The standard InChI is InChI=1S/C27H32N4O6S2/c1-3-16-4-5-17-6-7-36-26(21(17)8-16)20-11-24(38-15(20)2)25(33)22-12-29-14-30-27(22)31-19-9-18(23(32)10-19)13-37-39(28,34)35/h4-5,8,11-12,14,18-19,23,26,32H,3,6-7,9-10,13H2,1-2H3,(H2,28,34,35)(H,29,30,31)/t18-,19-,23+,26?/m1/s1. The number of ketones is 1. The van der Waals surface area contributed by atoms with Gasteiger partial charge in [-0.05, 0) is 60.9 Å². The van der Waals surface area contributed by atoms with E-state index in [0.29, 0.717) is 35.7 Å². The van der Waals surface area contributed by atoms with Gasteiger partial charge in [0.15, 0.2) is 0 Å². The molecule has 1 saturated carbocycles. The Labute approximate surface area is 231 Å². The van der Waals surface area contributed by atoms with Crippen LogP contribution in [0.2, 0.25) is 0 Å². The van der Waals surface area contributed by atoms with Gasteiger partial charge in [0.2, 0.25) is 5.78 Å². The normalized spacial score (nSPS) is 23.0. The fourth-order valence-corrected chi connectivity index (χ4v) is 6.72. The number of aliphatic hydroxyl groups excluding tert-OH is 1. The molecule has 4 atom stereocenters. The largest absolute Gasteiger partial charge is 0.393 e. The summed E-state index contributed by atoms with van der Waals surface area (Å²) in [5.74, 6) is -0.265. The maximum Gasteiger partial charge on any atom is 0.333 e. The number of aryl methyl sites for hydroxylation is 2. The summed E-state index contributed by atoms with van der Waals surface area (Å²) in [7, 11) is -4.09. The fourth-order valence-electron chi connectivity index (χ4n) is 5.36. The number of anilines is 1. The first-order chi connectivity index (χ1) is 18.6. The van der Waals surface area contributed by atoms with Crippen LogP contribution in [0.1, 0.15) is 68.2 Å². The van der Waals surface area contributed by atoms with Gasteiger partial charge in [-0.3, -0.25) is 8.98 Å². The minimum Gasteiger partial charge on any atom is -0.393 e. The SMILES string of the molecule is CCc1ccc2c(c1)C(c1cc(C(=O)c3cncnc3N[C@@H]3C[C@H](COS(N)(=O)=O)[C@@H](O)C3)sc1C)OCC2. The molecule has 10 nitrogen and oxygen atoms in total. The van der Waals surface area contributed by atoms with Gasteiger partial charge in [0.25, 0.3) is 0 Å². The molecule has 2 aromatic heterocycles. The lowest BCUT2D eigenvalue weighted by Crippen LogP contribution is -2.24. The molecule has 12 heteroatoms. The molecule has 1 unspecified atom stereocenters. The molecular formula is C27H32N4O6S2. The summed E-state index contributed by atoms with van der Waals surface area (Å²) in [5, 5.41) is 18.5. The number of hydrogen-bond donors (Lipinski definition) is 3. The Morgan fingerprint density at radius 2 is 2.10 bits per heavy atom. The lowest BCUT2D eigenvalue weighted by atomic mass is 9.91. The smallest absolute Gasteiger partial charge is 0.333 e. The molecule has 3 heterocycles. The number of nitrogens with one attached hydrogen (secondary N) is 1. The van der Waals surface area contributed by atoms with Crippen LogP contribution in [0.5, 0.6) is 0 Å². The van der Waals surface area contributed by atoms with Gasteiger partial charge in [-0.2, -0.15) is 8.42 Å². The Balaban J connectivity index is 1.35. The van der Waals surface area contributed by atoms with Gasteiger partial charge in [0.05, 0.1) is 29.8 Å². The summed E-state index contributed by atoms with van der Waals surface area (Å²) in [5.41, 5.74) is 4.99. The van der Waals surface area contributed by atoms with Crippen molar-refractivity contribution in [1.29, 1.82) is 0 Å². The molecule has 1 aliphatic heterocycles. The number of nitrogens with two attached hydrogens (primary N) is 1. The number of carbonyl (C=O) groups excluding carboxylic acids is 1. The van der Waals surface area contributed by atoms with E-state index in [1.807, 2.05) is 13.0 Å². The highest BCUT2D eigenvalue weighted by Gasteiger charge is 2.35. The number of rotatable bonds is 9. The van der Waals surface area contributed by atoms with Crippen molar-refractivity contribution in [2.24, 2.45) is 11.1 Å². The highest BCUT2D eigenvalue weighted by Crippen LogP contribution is 2.39. The van der Waals surface area contributed by atoms with Crippen molar-refractivity contribution in [2.75, 3.05) is 18.5 Å². The van der Waals surface area contributed by atoms with E-state index in [2.05, 4.69) is 44.6 Å². The summed E-state index contributed by atoms with van der Waals surface area (Å²) >= 11 is 1.42. The molecule has 0 amide bonds. The monoisotopic (exact) mass is 572 g/mol. The molecule has 39 heavy (non-hydrogen) atoms. The summed E-state index contributed by atoms with van der Waals surface area (Å²) in [6, 6.07) is 8.23. The highest BCUT2D eigenvalue weighted by atomic mass is 32.2. The van der Waals surface area contributed by atoms with Crippen LogP contribution in [0.3, 0.4) is 0 Å². The molecule has 1 aromatic carbocycles. The van der Waals surface area contributed by atoms with Gasteiger partial charge >= 0.3 is 10.3 Å². The van der Waals surface area contributed by atoms with Crippen LogP contribution in [0, 0.1) is 12.8 Å². The van der Waals surface area contributed by atoms with E-state index in [1.165, 1.54) is 35.0 Å². The van der Waals surface area contributed by atoms with E-state index in [1.54, 1.807) is 0 Å². The zero-order chi connectivity index (χ0) is 27.7. The molecule has 1 aliphatic carbocycles. The van der Waals surface area contributed by atoms with Crippen LogP contribution >= 0.6 is 11.3 Å². The van der Waals surface area contributed by atoms with Crippen molar-refractivity contribution >= 4 is 33.2 Å². The number of aliphatic hydroxyl groups is 1. The fraction of sp³-hybridized carbons (Fsp3) is 0.444. The van der Waals surface area contributed by atoms with Gasteiger partial charge in [0, 0.05) is 23.0 Å². The van der Waals surface area contributed by atoms with E-state index >= 15 is 0 Å². The molecule has 0 spiro atoms. The number of ether oxygens (including phenoxy) is 1. The predicted octanol–water partition coefficient (Wildman–Crippen LogP) is 3.07. The molecule has 0 bridgehead atoms. The van der Waals surface area contributed by atoms with E-state index in [-0.39, 0.29) is 24.5 Å². The third kappa shape index (κ3) is 6.21. The maximum absolute atomic E-state index is 13.7. The lowest BCUT2D eigenvalue weighted by Gasteiger charge is -2.27. The first-order valence-electron chi connectivity index (χ1n) is 12.9. The second-order valence-electron chi connectivity index (χ2n) is 10.0. The summed E-state index contributed by atoms with van der Waals surface area (Å²) in [6.07, 6.45) is 4.42. The van der Waals surface area contributed by atoms with Crippen molar-refractivity contribution < 1.29 is 27.2 Å².